The van der Waals surface area contributed by atoms with E-state index in [-0.39, 0.29) is 12.6 Å². The van der Waals surface area contributed by atoms with Crippen molar-refractivity contribution in [3.05, 3.63) is 11.8 Å². The van der Waals surface area contributed by atoms with Crippen LogP contribution in [0, 0.1) is 0 Å². The molecule has 0 amide bonds. The Morgan fingerprint density at radius 1 is 1.47 bits per heavy atom. The summed E-state index contributed by atoms with van der Waals surface area (Å²) in [5.74, 6) is -1.36. The molecule has 1 N–H and O–H groups in total. The third kappa shape index (κ3) is 5.29. The number of ether oxygens (including phenoxy) is 1. The summed E-state index contributed by atoms with van der Waals surface area (Å²) in [5, 5.41) is 2.41. The Hall–Kier alpha value is -1.20. The Labute approximate surface area is 86.3 Å². The number of nitrogens with one attached hydrogen (secondary N) is 1. The summed E-state index contributed by atoms with van der Waals surface area (Å²) in [4.78, 5) is 11.0. The monoisotopic (exact) mass is 225 g/mol. The molecular formula is C9H14F3NO2. The molecule has 0 aliphatic rings. The molecule has 0 saturated heterocycles. The van der Waals surface area contributed by atoms with Crippen molar-refractivity contribution >= 4 is 5.97 Å². The first-order valence-electron chi connectivity index (χ1n) is 4.49. The molecule has 0 aliphatic heterocycles. The maximum absolute atomic E-state index is 12.3. The molecule has 0 atom stereocenters. The molecule has 0 heterocycles. The molecule has 0 spiro atoms. The fraction of sp³-hybridized carbons (Fsp3) is 0.667. The molecule has 0 aromatic rings. The van der Waals surface area contributed by atoms with E-state index in [0.29, 0.717) is 6.20 Å². The molecule has 88 valence electrons. The van der Waals surface area contributed by atoms with Gasteiger partial charge in [0.1, 0.15) is 0 Å². The fourth-order valence-electron chi connectivity index (χ4n) is 0.715. The highest BCUT2D eigenvalue weighted by atomic mass is 19.4. The first-order valence-corrected chi connectivity index (χ1v) is 4.49. The second-order valence-electron chi connectivity index (χ2n) is 3.10. The van der Waals surface area contributed by atoms with Crippen molar-refractivity contribution in [2.75, 3.05) is 6.61 Å². The van der Waals surface area contributed by atoms with Gasteiger partial charge < -0.3 is 10.1 Å². The van der Waals surface area contributed by atoms with E-state index in [4.69, 9.17) is 0 Å². The first-order chi connectivity index (χ1) is 6.79. The average molecular weight is 225 g/mol. The predicted molar refractivity (Wildman–Crippen MR) is 49.0 cm³/mol. The number of hydrogen-bond acceptors (Lipinski definition) is 3. The summed E-state index contributed by atoms with van der Waals surface area (Å²) in [6, 6.07) is -0.184. The highest BCUT2D eigenvalue weighted by Crippen LogP contribution is 2.26. The summed E-state index contributed by atoms with van der Waals surface area (Å²) in [6.45, 7) is 4.68. The molecule has 15 heavy (non-hydrogen) atoms. The zero-order valence-electron chi connectivity index (χ0n) is 8.81. The molecule has 0 fully saturated rings. The van der Waals surface area contributed by atoms with Crippen LogP contribution in [0.25, 0.3) is 0 Å². The van der Waals surface area contributed by atoms with Gasteiger partial charge in [-0.25, -0.2) is 4.79 Å². The SMILES string of the molecule is CCOC(=O)/C(=C\NC(C)C)C(F)(F)F. The molecule has 0 aliphatic carbocycles. The van der Waals surface area contributed by atoms with E-state index in [9.17, 15) is 18.0 Å². The van der Waals surface area contributed by atoms with E-state index in [1.807, 2.05) is 0 Å². The summed E-state index contributed by atoms with van der Waals surface area (Å²) in [6.07, 6.45) is -4.06. The van der Waals surface area contributed by atoms with Crippen molar-refractivity contribution in [3.8, 4) is 0 Å². The van der Waals surface area contributed by atoms with E-state index < -0.39 is 17.7 Å². The lowest BCUT2D eigenvalue weighted by Gasteiger charge is -2.12. The van der Waals surface area contributed by atoms with Gasteiger partial charge in [0.05, 0.1) is 6.61 Å². The van der Waals surface area contributed by atoms with Crippen molar-refractivity contribution in [2.45, 2.75) is 33.0 Å². The minimum absolute atomic E-state index is 0.0894. The lowest BCUT2D eigenvalue weighted by atomic mass is 10.2. The molecule has 3 nitrogen and oxygen atoms in total. The highest BCUT2D eigenvalue weighted by Gasteiger charge is 2.39. The lowest BCUT2D eigenvalue weighted by Crippen LogP contribution is -2.26. The second kappa shape index (κ2) is 5.63. The smallest absolute Gasteiger partial charge is 0.424 e. The van der Waals surface area contributed by atoms with Gasteiger partial charge in [-0.1, -0.05) is 0 Å². The van der Waals surface area contributed by atoms with Gasteiger partial charge in [-0.2, -0.15) is 13.2 Å². The second-order valence-corrected chi connectivity index (χ2v) is 3.10. The van der Waals surface area contributed by atoms with Crippen LogP contribution in [0.4, 0.5) is 13.2 Å². The van der Waals surface area contributed by atoms with Gasteiger partial charge in [-0.15, -0.1) is 0 Å². The number of alkyl halides is 3. The Bertz CT molecular complexity index is 246. The average Bonchev–Trinajstić information content (AvgIpc) is 2.01. The highest BCUT2D eigenvalue weighted by molar-refractivity contribution is 5.89. The van der Waals surface area contributed by atoms with Crippen LogP contribution < -0.4 is 5.32 Å². The standard InChI is InChI=1S/C9H14F3NO2/c1-4-15-8(14)7(9(10,11)12)5-13-6(2)3/h5-6,13H,4H2,1-3H3/b7-5+. The van der Waals surface area contributed by atoms with Gasteiger partial charge in [-0.05, 0) is 20.8 Å². The maximum Gasteiger partial charge on any atom is 0.424 e. The molecule has 0 rings (SSSR count). The third-order valence-electron chi connectivity index (χ3n) is 1.36. The van der Waals surface area contributed by atoms with E-state index in [0.717, 1.165) is 0 Å². The zero-order valence-corrected chi connectivity index (χ0v) is 8.81. The molecule has 0 radical (unpaired) electrons. The van der Waals surface area contributed by atoms with Crippen molar-refractivity contribution in [3.63, 3.8) is 0 Å². The summed E-state index contributed by atoms with van der Waals surface area (Å²) in [5.41, 5.74) is -1.32. The Balaban J connectivity index is 4.74. The van der Waals surface area contributed by atoms with Gasteiger partial charge in [-0.3, -0.25) is 0 Å². The van der Waals surface area contributed by atoms with Gasteiger partial charge >= 0.3 is 12.1 Å². The Morgan fingerprint density at radius 2 is 2.00 bits per heavy atom. The molecule has 0 bridgehead atoms. The van der Waals surface area contributed by atoms with E-state index in [1.165, 1.54) is 6.92 Å². The summed E-state index contributed by atoms with van der Waals surface area (Å²) >= 11 is 0. The van der Waals surface area contributed by atoms with Gasteiger partial charge in [0, 0.05) is 12.2 Å². The quantitative estimate of drug-likeness (QED) is 0.587. The van der Waals surface area contributed by atoms with E-state index in [2.05, 4.69) is 10.1 Å². The lowest BCUT2D eigenvalue weighted by molar-refractivity contribution is -0.150. The first kappa shape index (κ1) is 13.8. The number of halogens is 3. The minimum Gasteiger partial charge on any atom is -0.462 e. The molecular weight excluding hydrogens is 211 g/mol. The van der Waals surface area contributed by atoms with Gasteiger partial charge in [0.2, 0.25) is 0 Å². The molecule has 0 aromatic carbocycles. The summed E-state index contributed by atoms with van der Waals surface area (Å²) in [7, 11) is 0. The Kier molecular flexibility index (Phi) is 5.18. The fourth-order valence-corrected chi connectivity index (χ4v) is 0.715. The number of carbonyl (C=O) groups excluding carboxylic acids is 1. The summed E-state index contributed by atoms with van der Waals surface area (Å²) < 4.78 is 41.3. The predicted octanol–water partition coefficient (Wildman–Crippen LogP) is 1.99. The van der Waals surface area contributed by atoms with Crippen LogP contribution in [0.1, 0.15) is 20.8 Å². The van der Waals surface area contributed by atoms with Crippen LogP contribution >= 0.6 is 0 Å². The van der Waals surface area contributed by atoms with Gasteiger partial charge in [0.25, 0.3) is 0 Å². The molecule has 0 unspecified atom stereocenters. The number of rotatable bonds is 4. The molecule has 0 saturated carbocycles. The van der Waals surface area contributed by atoms with Crippen molar-refractivity contribution < 1.29 is 22.7 Å². The van der Waals surface area contributed by atoms with E-state index >= 15 is 0 Å². The van der Waals surface area contributed by atoms with Crippen LogP contribution in [-0.4, -0.2) is 24.8 Å². The van der Waals surface area contributed by atoms with Crippen molar-refractivity contribution in [1.29, 1.82) is 0 Å². The van der Waals surface area contributed by atoms with E-state index in [1.54, 1.807) is 13.8 Å². The number of carbonyl (C=O) groups is 1. The topological polar surface area (TPSA) is 38.3 Å². The van der Waals surface area contributed by atoms with Crippen LogP contribution in [0.15, 0.2) is 11.8 Å². The zero-order chi connectivity index (χ0) is 12.1. The van der Waals surface area contributed by atoms with Crippen LogP contribution in [0.2, 0.25) is 0 Å². The normalized spacial score (nSPS) is 12.9. The van der Waals surface area contributed by atoms with Crippen LogP contribution in [-0.2, 0) is 9.53 Å². The van der Waals surface area contributed by atoms with Gasteiger partial charge in [0.15, 0.2) is 5.57 Å². The van der Waals surface area contributed by atoms with Crippen LogP contribution in [0.3, 0.4) is 0 Å². The largest absolute Gasteiger partial charge is 0.462 e. The Morgan fingerprint density at radius 3 is 2.33 bits per heavy atom. The maximum atomic E-state index is 12.3. The number of hydrogen-bond donors (Lipinski definition) is 1. The third-order valence-corrected chi connectivity index (χ3v) is 1.36. The molecule has 6 heteroatoms. The minimum atomic E-state index is -4.70. The van der Waals surface area contributed by atoms with Crippen molar-refractivity contribution in [1.82, 2.24) is 5.32 Å². The van der Waals surface area contributed by atoms with Crippen LogP contribution in [0.5, 0.6) is 0 Å². The number of esters is 1. The van der Waals surface area contributed by atoms with Crippen molar-refractivity contribution in [2.24, 2.45) is 0 Å². The molecule has 0 aromatic heterocycles.